The van der Waals surface area contributed by atoms with Gasteiger partial charge >= 0.3 is 5.97 Å². The number of esters is 1. The number of unbranched alkanes of at least 4 members (excludes halogenated alkanes) is 3. The first-order valence-corrected chi connectivity index (χ1v) is 47.4. The fraction of sp³-hybridized carbons (Fsp3) is 0.800. The second-order valence-electron chi connectivity index (χ2n) is 38.3. The molecule has 133 heavy (non-hydrogen) atoms. The number of nitrogens with one attached hydrogen (secondary N) is 16. The predicted octanol–water partition coefficient (Wildman–Crippen LogP) is -2.48. The lowest BCUT2D eigenvalue weighted by molar-refractivity contribution is -0.156. The molecular weight excluding hydrogens is 1730 g/mol. The lowest BCUT2D eigenvalue weighted by Gasteiger charge is -2.32. The second-order valence-corrected chi connectivity index (χ2v) is 38.3. The summed E-state index contributed by atoms with van der Waals surface area (Å²) in [5, 5.41) is 72.4. The molecule has 43 heteroatoms. The molecule has 0 aliphatic carbocycles. The maximum Gasteiger partial charge on any atom is 0.328 e. The van der Waals surface area contributed by atoms with Gasteiger partial charge in [-0.3, -0.25) is 81.7 Å². The van der Waals surface area contributed by atoms with E-state index in [4.69, 9.17) is 33.4 Å². The average molecular weight is 1890 g/mol. The van der Waals surface area contributed by atoms with Crippen LogP contribution in [0.2, 0.25) is 0 Å². The SMILES string of the molecule is CC[C@@H](C)[C@H](NC(=O)[C@@H](CC(C)C)NC(=O)[C@@H](CC(C)C)NC(=O)[C@@H](C)NC(=O)[C@H](CC(C)C)NC(=O)[C@H](O)CO)C(=O)N[C@H](CCCN=C(N)N)C(=O)N[C@H](CC(C)C)C(=O)N[C@H](CC(C)C)C(=O)N[C@@H](C(=O)N[C@@H](CCCCN)C(=O)N[C@@H](CC(C)C)C(=O)N[C@@H]1C(=O)N[C@H](CC(C)C)C(=O)N[C@H](CO)C(=O)N[C@@H](CCCCN)C(=O)N[C@@H](CCCCN)C(=O)O[C@H]1C)C(C)C. The van der Waals surface area contributed by atoms with Crippen LogP contribution >= 0.6 is 0 Å². The third-order valence-corrected chi connectivity index (χ3v) is 22.1. The molecule has 762 valence electrons. The van der Waals surface area contributed by atoms with Crippen molar-refractivity contribution in [3.8, 4) is 0 Å². The number of ether oxygens (including phenoxy) is 1. The molecule has 1 saturated heterocycles. The van der Waals surface area contributed by atoms with Crippen molar-refractivity contribution in [1.29, 1.82) is 0 Å². The zero-order valence-electron chi connectivity index (χ0n) is 82.3. The van der Waals surface area contributed by atoms with Crippen LogP contribution in [0, 0.1) is 53.3 Å². The van der Waals surface area contributed by atoms with E-state index >= 15 is 4.79 Å². The Kier molecular flexibility index (Phi) is 57.6. The molecule has 29 N–H and O–H groups in total. The highest BCUT2D eigenvalue weighted by Crippen LogP contribution is 2.20. The van der Waals surface area contributed by atoms with Gasteiger partial charge in [0.2, 0.25) is 88.6 Å². The van der Waals surface area contributed by atoms with Gasteiger partial charge in [-0.2, -0.15) is 0 Å². The molecule has 0 radical (unpaired) electrons. The van der Waals surface area contributed by atoms with Crippen molar-refractivity contribution in [2.75, 3.05) is 39.4 Å². The minimum Gasteiger partial charge on any atom is -0.458 e. The smallest absolute Gasteiger partial charge is 0.328 e. The number of carbonyl (C=O) groups excluding carboxylic acids is 17. The van der Waals surface area contributed by atoms with E-state index in [0.29, 0.717) is 38.5 Å². The highest BCUT2D eigenvalue weighted by Gasteiger charge is 2.43. The first-order valence-electron chi connectivity index (χ1n) is 47.4. The predicted molar refractivity (Wildman–Crippen MR) is 501 cm³/mol. The monoisotopic (exact) mass is 1890 g/mol. The van der Waals surface area contributed by atoms with Gasteiger partial charge in [0.1, 0.15) is 103 Å². The van der Waals surface area contributed by atoms with E-state index in [-0.39, 0.29) is 157 Å². The highest BCUT2D eigenvalue weighted by molar-refractivity contribution is 6.01. The van der Waals surface area contributed by atoms with Gasteiger partial charge in [-0.05, 0) is 202 Å². The van der Waals surface area contributed by atoms with Crippen LogP contribution in [0.5, 0.6) is 0 Å². The lowest BCUT2D eigenvalue weighted by atomic mass is 9.95. The van der Waals surface area contributed by atoms with Gasteiger partial charge < -0.3 is 134 Å². The Morgan fingerprint density at radius 1 is 0.383 bits per heavy atom. The van der Waals surface area contributed by atoms with Crippen molar-refractivity contribution in [2.24, 2.45) is 86.9 Å². The molecule has 16 amide bonds. The summed E-state index contributed by atoms with van der Waals surface area (Å²) in [5.41, 5.74) is 28.8. The van der Waals surface area contributed by atoms with Gasteiger partial charge in [0, 0.05) is 6.54 Å². The highest BCUT2D eigenvalue weighted by atomic mass is 16.5. The van der Waals surface area contributed by atoms with Gasteiger partial charge in [-0.15, -0.1) is 0 Å². The summed E-state index contributed by atoms with van der Waals surface area (Å²) in [6.07, 6.45) is -1.02. The fourth-order valence-electron chi connectivity index (χ4n) is 14.6. The zero-order chi connectivity index (χ0) is 101. The van der Waals surface area contributed by atoms with Crippen molar-refractivity contribution in [3.05, 3.63) is 0 Å². The molecule has 0 aromatic carbocycles. The molecule has 1 fully saturated rings. The third kappa shape index (κ3) is 46.7. The van der Waals surface area contributed by atoms with Crippen molar-refractivity contribution >= 4 is 106 Å². The largest absolute Gasteiger partial charge is 0.458 e. The minimum atomic E-state index is -1.84. The fourth-order valence-corrected chi connectivity index (χ4v) is 14.6. The van der Waals surface area contributed by atoms with Gasteiger partial charge in [0.05, 0.1) is 13.2 Å². The summed E-state index contributed by atoms with van der Waals surface area (Å²) >= 11 is 0. The van der Waals surface area contributed by atoms with Crippen LogP contribution in [0.15, 0.2) is 4.99 Å². The molecule has 43 nitrogen and oxygen atoms in total. The van der Waals surface area contributed by atoms with Crippen LogP contribution < -0.4 is 114 Å². The Morgan fingerprint density at radius 2 is 0.722 bits per heavy atom. The van der Waals surface area contributed by atoms with Crippen LogP contribution in [-0.4, -0.2) is 270 Å². The summed E-state index contributed by atoms with van der Waals surface area (Å²) in [4.78, 5) is 249. The molecular formula is C90H166N22O21. The number of amides is 16. The van der Waals surface area contributed by atoms with Crippen LogP contribution in [-0.2, 0) is 86.2 Å². The van der Waals surface area contributed by atoms with Crippen LogP contribution in [0.25, 0.3) is 0 Å². The van der Waals surface area contributed by atoms with Gasteiger partial charge in [-0.25, -0.2) is 4.79 Å². The molecule has 1 rings (SSSR count). The molecule has 0 bridgehead atoms. The Bertz CT molecular complexity index is 3730. The van der Waals surface area contributed by atoms with Crippen molar-refractivity contribution < 1.29 is 102 Å². The number of guanidine groups is 1. The molecule has 0 spiro atoms. The number of hydrogen-bond acceptors (Lipinski definition) is 25. The Labute approximate surface area is 785 Å². The van der Waals surface area contributed by atoms with Crippen molar-refractivity contribution in [3.63, 3.8) is 0 Å². The number of aliphatic hydroxyl groups excluding tert-OH is 3. The summed E-state index contributed by atoms with van der Waals surface area (Å²) in [7, 11) is 0. The summed E-state index contributed by atoms with van der Waals surface area (Å²) in [6, 6.07) is -22.6. The molecule has 0 aromatic heterocycles. The summed E-state index contributed by atoms with van der Waals surface area (Å²) in [5.74, 6) is -18.5. The lowest BCUT2D eigenvalue weighted by Crippen LogP contribution is -2.63. The number of hydrogen-bond donors (Lipinski definition) is 24. The minimum absolute atomic E-state index is 0.0135. The summed E-state index contributed by atoms with van der Waals surface area (Å²) < 4.78 is 5.95. The topological polar surface area (TPSA) is 695 Å². The summed E-state index contributed by atoms with van der Waals surface area (Å²) in [6.45, 7) is 33.0. The van der Waals surface area contributed by atoms with Crippen LogP contribution in [0.4, 0.5) is 0 Å². The molecule has 0 unspecified atom stereocenters. The van der Waals surface area contributed by atoms with E-state index in [1.54, 1.807) is 125 Å². The maximum atomic E-state index is 15.0. The van der Waals surface area contributed by atoms with Crippen molar-refractivity contribution in [1.82, 2.24) is 85.1 Å². The van der Waals surface area contributed by atoms with Crippen LogP contribution in [0.3, 0.4) is 0 Å². The van der Waals surface area contributed by atoms with Gasteiger partial charge in [-0.1, -0.05) is 131 Å². The number of nitrogens with two attached hydrogens (primary N) is 5. The number of aliphatic imine (C=N–C) groups is 1. The van der Waals surface area contributed by atoms with E-state index in [9.17, 15) is 92.0 Å². The van der Waals surface area contributed by atoms with Crippen LogP contribution in [0.1, 0.15) is 260 Å². The number of rotatable bonds is 59. The van der Waals surface area contributed by atoms with Gasteiger partial charge in [0.15, 0.2) is 12.1 Å². The van der Waals surface area contributed by atoms with Crippen molar-refractivity contribution in [2.45, 2.75) is 369 Å². The quantitative estimate of drug-likeness (QED) is 0.0130. The number of carbonyl (C=O) groups is 17. The zero-order valence-corrected chi connectivity index (χ0v) is 82.3. The van der Waals surface area contributed by atoms with E-state index in [1.807, 2.05) is 0 Å². The molecule has 1 aliphatic rings. The Hall–Kier alpha value is -9.98. The second kappa shape index (κ2) is 63.3. The molecule has 0 saturated carbocycles. The number of nitrogens with zero attached hydrogens (tertiary/aromatic N) is 1. The first-order chi connectivity index (χ1) is 62.3. The Balaban J connectivity index is 3.91. The third-order valence-electron chi connectivity index (χ3n) is 22.1. The van der Waals surface area contributed by atoms with E-state index in [0.717, 1.165) is 0 Å². The standard InChI is InChI=1S/C90H166N22O21/c1-21-54(18)71(111-82(125)66(42-51(12)13)106-78(121)62(38-47(4)5)102-73(116)55(19)97-77(120)61(37-46(2)3)107-85(128)69(115)45-114)87(130)100-59(32-28-36-96-90(94)95)76(119)103-63(39-48(6)7)79(122)105-65(41-50(10)11)81(124)110-70(53(16)17)86(129)99-58(30-23-26-34-92)75(118)104-67(43-52(14)15)83(126)112-72-56(20)133-89(132)60(31-24-27-35-93)101-74(117)57(29-22-25-33-91)98-84(127)68(44-113)109-80(123)64(40-49(8)9)108-88(72)131/h46-72,113-115H,21-45,91-93H2,1-20H3,(H,97,120)(H,98,127)(H,99,129)(H,100,130)(H,101,117)(H,102,116)(H,103,119)(H,104,118)(H,105,122)(H,106,121)(H,107,128)(H,108,131)(H,109,123)(H,110,124)(H,111,125)(H,112,126)(H4,94,95,96)/t54-,55-,56+,57+,58+,59-,60+,61+,62-,63-,64-,65-,66-,67+,68-,69-,70-,71+,72+/m1/s1. The normalized spacial score (nSPS) is 19.4. The van der Waals surface area contributed by atoms with E-state index in [1.165, 1.54) is 13.8 Å². The molecule has 0 aromatic rings. The molecule has 1 heterocycles. The number of cyclic esters (lactones) is 1. The number of aliphatic hydroxyl groups is 3. The first kappa shape index (κ1) is 121. The van der Waals surface area contributed by atoms with E-state index < -0.39 is 234 Å². The van der Waals surface area contributed by atoms with E-state index in [2.05, 4.69) is 90.1 Å². The molecule has 19 atom stereocenters. The molecule has 1 aliphatic heterocycles. The van der Waals surface area contributed by atoms with Gasteiger partial charge in [0.25, 0.3) is 5.91 Å². The maximum absolute atomic E-state index is 15.0. The Morgan fingerprint density at radius 3 is 1.13 bits per heavy atom. The average Bonchev–Trinajstić information content (AvgIpc) is 0.839.